The normalized spacial score (nSPS) is 17.3. The second-order valence-electron chi connectivity index (χ2n) is 8.02. The smallest absolute Gasteiger partial charge is 0.246 e. The van der Waals surface area contributed by atoms with Crippen molar-refractivity contribution in [3.05, 3.63) is 71.6 Å². The van der Waals surface area contributed by atoms with Gasteiger partial charge in [-0.15, -0.1) is 5.10 Å². The molecule has 1 fully saturated rings. The van der Waals surface area contributed by atoms with E-state index in [-0.39, 0.29) is 5.69 Å². The minimum Gasteiger partial charge on any atom is -0.378 e. The predicted molar refractivity (Wildman–Crippen MR) is 115 cm³/mol. The number of rotatable bonds is 5. The third-order valence-electron chi connectivity index (χ3n) is 5.69. The van der Waals surface area contributed by atoms with E-state index in [1.807, 2.05) is 6.07 Å². The number of nitrogens with one attached hydrogen (secondary N) is 1. The van der Waals surface area contributed by atoms with Crippen LogP contribution < -0.4 is 5.32 Å². The van der Waals surface area contributed by atoms with Crippen LogP contribution in [-0.2, 0) is 4.74 Å². The molecule has 6 nitrogen and oxygen atoms in total. The van der Waals surface area contributed by atoms with Gasteiger partial charge in [0.05, 0.1) is 24.9 Å². The summed E-state index contributed by atoms with van der Waals surface area (Å²) in [4.78, 5) is 6.69. The zero-order chi connectivity index (χ0) is 21.4. The molecule has 31 heavy (non-hydrogen) atoms. The maximum absolute atomic E-state index is 13.5. The Balaban J connectivity index is 1.33. The molecule has 8 heteroatoms. The maximum Gasteiger partial charge on any atom is 0.246 e. The van der Waals surface area contributed by atoms with Gasteiger partial charge >= 0.3 is 0 Å². The Labute approximate surface area is 179 Å². The molecule has 2 aliphatic heterocycles. The average molecular weight is 423 g/mol. The number of aromatic nitrogens is 3. The molecule has 0 radical (unpaired) electrons. The van der Waals surface area contributed by atoms with Crippen LogP contribution in [-0.4, -0.2) is 52.0 Å². The van der Waals surface area contributed by atoms with E-state index >= 15 is 0 Å². The zero-order valence-corrected chi connectivity index (χ0v) is 17.2. The number of hydrogen-bond donors (Lipinski definition) is 1. The molecule has 0 saturated carbocycles. The van der Waals surface area contributed by atoms with Crippen molar-refractivity contribution >= 4 is 17.2 Å². The minimum atomic E-state index is -0.660. The number of nitrogens with zero attached hydrogens (tertiary/aromatic N) is 4. The molecule has 0 unspecified atom stereocenters. The Bertz CT molecular complexity index is 1120. The summed E-state index contributed by atoms with van der Waals surface area (Å²) in [7, 11) is 0. The van der Waals surface area contributed by atoms with Crippen molar-refractivity contribution < 1.29 is 13.5 Å². The second kappa shape index (κ2) is 8.20. The summed E-state index contributed by atoms with van der Waals surface area (Å²) in [6.45, 7) is 5.70. The summed E-state index contributed by atoms with van der Waals surface area (Å²) in [5.74, 6) is -0.963. The first-order chi connectivity index (χ1) is 15.0. The number of hydrogen-bond acceptors (Lipinski definition) is 5. The van der Waals surface area contributed by atoms with Gasteiger partial charge in [0, 0.05) is 24.8 Å². The molecule has 160 valence electrons. The van der Waals surface area contributed by atoms with Crippen molar-refractivity contribution in [1.82, 2.24) is 19.7 Å². The number of benzene rings is 2. The number of halogens is 2. The van der Waals surface area contributed by atoms with Gasteiger partial charge < -0.3 is 10.1 Å². The Hall–Kier alpha value is -3.10. The Morgan fingerprint density at radius 2 is 1.87 bits per heavy atom. The van der Waals surface area contributed by atoms with Gasteiger partial charge in [0.15, 0.2) is 0 Å². The highest BCUT2D eigenvalue weighted by molar-refractivity contribution is 5.71. The van der Waals surface area contributed by atoms with Gasteiger partial charge in [-0.1, -0.05) is 12.1 Å². The molecule has 1 N–H and O–H groups in total. The molecule has 0 atom stereocenters. The highest BCUT2D eigenvalue weighted by Crippen LogP contribution is 2.28. The highest BCUT2D eigenvalue weighted by atomic mass is 19.1. The van der Waals surface area contributed by atoms with E-state index in [1.54, 1.807) is 0 Å². The van der Waals surface area contributed by atoms with Gasteiger partial charge in [0.2, 0.25) is 5.95 Å². The number of aryl methyl sites for hydroxylation is 1. The van der Waals surface area contributed by atoms with Gasteiger partial charge in [-0.25, -0.2) is 13.5 Å². The van der Waals surface area contributed by atoms with E-state index in [0.717, 1.165) is 50.0 Å². The first-order valence-corrected chi connectivity index (χ1v) is 10.3. The van der Waals surface area contributed by atoms with Crippen LogP contribution in [0.15, 0.2) is 48.8 Å². The predicted octanol–water partition coefficient (Wildman–Crippen LogP) is 4.09. The van der Waals surface area contributed by atoms with E-state index in [1.165, 1.54) is 34.3 Å². The molecule has 0 spiro atoms. The van der Waals surface area contributed by atoms with Crippen LogP contribution in [0, 0.1) is 18.6 Å². The second-order valence-corrected chi connectivity index (χ2v) is 8.02. The molecule has 2 aromatic carbocycles. The van der Waals surface area contributed by atoms with Crippen LogP contribution in [0.5, 0.6) is 0 Å². The van der Waals surface area contributed by atoms with Crippen LogP contribution in [0.2, 0.25) is 0 Å². The molecular weight excluding hydrogens is 400 g/mol. The fraction of sp³-hybridized carbons (Fsp3) is 0.304. The standard InChI is InChI=1S/C23H23F2N5O/c1-15-6-17(16-2-4-29(5-3-16)22-12-31-13-22)8-20(7-15)27-23-26-14-30(28-23)21-10-18(24)9-19(25)11-21/h2,6-11,14,22H,3-5,12-13H2,1H3,(H,27,28). The van der Waals surface area contributed by atoms with Crippen LogP contribution >= 0.6 is 0 Å². The Morgan fingerprint density at radius 1 is 1.06 bits per heavy atom. The highest BCUT2D eigenvalue weighted by Gasteiger charge is 2.27. The topological polar surface area (TPSA) is 55.2 Å². The average Bonchev–Trinajstić information content (AvgIpc) is 3.14. The molecule has 2 aliphatic rings. The van der Waals surface area contributed by atoms with Crippen molar-refractivity contribution in [1.29, 1.82) is 0 Å². The van der Waals surface area contributed by atoms with Crippen LogP contribution in [0.1, 0.15) is 17.5 Å². The van der Waals surface area contributed by atoms with Gasteiger partial charge in [-0.3, -0.25) is 4.90 Å². The van der Waals surface area contributed by atoms with E-state index in [4.69, 9.17) is 4.74 Å². The monoisotopic (exact) mass is 423 g/mol. The number of anilines is 2. The Morgan fingerprint density at radius 3 is 2.55 bits per heavy atom. The largest absolute Gasteiger partial charge is 0.378 e. The SMILES string of the molecule is Cc1cc(Nc2ncn(-c3cc(F)cc(F)c3)n2)cc(C2=CCN(C3COC3)CC2)c1. The van der Waals surface area contributed by atoms with Gasteiger partial charge in [0.1, 0.15) is 18.0 Å². The van der Waals surface area contributed by atoms with E-state index < -0.39 is 11.6 Å². The lowest BCUT2D eigenvalue weighted by molar-refractivity contribution is -0.0612. The molecular formula is C23H23F2N5O. The van der Waals surface area contributed by atoms with E-state index in [0.29, 0.717) is 12.0 Å². The summed E-state index contributed by atoms with van der Waals surface area (Å²) in [6, 6.07) is 10.1. The lowest BCUT2D eigenvalue weighted by Crippen LogP contribution is -2.50. The summed E-state index contributed by atoms with van der Waals surface area (Å²) in [5.41, 5.74) is 4.78. The summed E-state index contributed by atoms with van der Waals surface area (Å²) >= 11 is 0. The fourth-order valence-electron chi connectivity index (χ4n) is 4.00. The molecule has 0 bridgehead atoms. The first kappa shape index (κ1) is 19.8. The van der Waals surface area contributed by atoms with Gasteiger partial charge in [-0.05, 0) is 54.3 Å². The number of ether oxygens (including phenoxy) is 1. The molecule has 3 heterocycles. The molecule has 0 aliphatic carbocycles. The van der Waals surface area contributed by atoms with Crippen LogP contribution in [0.4, 0.5) is 20.4 Å². The van der Waals surface area contributed by atoms with Gasteiger partial charge in [0.25, 0.3) is 0 Å². The van der Waals surface area contributed by atoms with Gasteiger partial charge in [-0.2, -0.15) is 4.98 Å². The van der Waals surface area contributed by atoms with Crippen molar-refractivity contribution in [3.8, 4) is 5.69 Å². The third-order valence-corrected chi connectivity index (χ3v) is 5.69. The molecule has 1 saturated heterocycles. The van der Waals surface area contributed by atoms with Crippen molar-refractivity contribution in [3.63, 3.8) is 0 Å². The maximum atomic E-state index is 13.5. The zero-order valence-electron chi connectivity index (χ0n) is 17.2. The summed E-state index contributed by atoms with van der Waals surface area (Å²) in [6.07, 6.45) is 4.72. The molecule has 1 aromatic heterocycles. The van der Waals surface area contributed by atoms with Crippen LogP contribution in [0.3, 0.4) is 0 Å². The lowest BCUT2D eigenvalue weighted by atomic mass is 9.96. The molecule has 3 aromatic rings. The first-order valence-electron chi connectivity index (χ1n) is 10.3. The van der Waals surface area contributed by atoms with Crippen molar-refractivity contribution in [2.45, 2.75) is 19.4 Å². The summed E-state index contributed by atoms with van der Waals surface area (Å²) in [5, 5.41) is 7.51. The van der Waals surface area contributed by atoms with Crippen LogP contribution in [0.25, 0.3) is 11.3 Å². The molecule has 5 rings (SSSR count). The van der Waals surface area contributed by atoms with Crippen molar-refractivity contribution in [2.24, 2.45) is 0 Å². The lowest BCUT2D eigenvalue weighted by Gasteiger charge is -2.38. The van der Waals surface area contributed by atoms with Crippen molar-refractivity contribution in [2.75, 3.05) is 31.6 Å². The third kappa shape index (κ3) is 4.35. The fourth-order valence-corrected chi connectivity index (χ4v) is 4.00. The quantitative estimate of drug-likeness (QED) is 0.670. The Kier molecular flexibility index (Phi) is 5.25. The summed E-state index contributed by atoms with van der Waals surface area (Å²) < 4.78 is 33.6. The van der Waals surface area contributed by atoms with E-state index in [2.05, 4.69) is 45.4 Å². The molecule has 0 amide bonds. The minimum absolute atomic E-state index is 0.275. The van der Waals surface area contributed by atoms with E-state index in [9.17, 15) is 8.78 Å².